The van der Waals surface area contributed by atoms with Crippen molar-refractivity contribution in [3.05, 3.63) is 65.5 Å². The quantitative estimate of drug-likeness (QED) is 0.839. The van der Waals surface area contributed by atoms with Crippen LogP contribution in [0.2, 0.25) is 0 Å². The van der Waals surface area contributed by atoms with E-state index in [1.807, 2.05) is 36.1 Å². The first-order valence-corrected chi connectivity index (χ1v) is 9.29. The fourth-order valence-corrected chi connectivity index (χ4v) is 4.03. The fraction of sp³-hybridized carbons (Fsp3) is 0.409. The van der Waals surface area contributed by atoms with Crippen molar-refractivity contribution < 1.29 is 19.0 Å². The average molecular weight is 371 g/mol. The van der Waals surface area contributed by atoms with E-state index in [1.54, 1.807) is 19.2 Å². The zero-order valence-electron chi connectivity index (χ0n) is 15.8. The van der Waals surface area contributed by atoms with Crippen LogP contribution in [0.4, 0.5) is 4.39 Å². The lowest BCUT2D eigenvalue weighted by atomic mass is 9.70. The van der Waals surface area contributed by atoms with Crippen molar-refractivity contribution in [1.82, 2.24) is 4.90 Å². The lowest BCUT2D eigenvalue weighted by Gasteiger charge is -2.43. The zero-order chi connectivity index (χ0) is 19.4. The van der Waals surface area contributed by atoms with Gasteiger partial charge in [0, 0.05) is 25.0 Å². The van der Waals surface area contributed by atoms with E-state index in [9.17, 15) is 14.3 Å². The van der Waals surface area contributed by atoms with Gasteiger partial charge in [-0.3, -0.25) is 4.79 Å². The van der Waals surface area contributed by atoms with Gasteiger partial charge in [-0.2, -0.15) is 0 Å². The van der Waals surface area contributed by atoms with E-state index < -0.39 is 5.41 Å². The maximum absolute atomic E-state index is 13.3. The van der Waals surface area contributed by atoms with Gasteiger partial charge < -0.3 is 14.7 Å². The number of aliphatic hydroxyl groups is 1. The highest BCUT2D eigenvalue weighted by Crippen LogP contribution is 2.41. The number of hydrogen-bond acceptors (Lipinski definition) is 3. The largest absolute Gasteiger partial charge is 0.497 e. The van der Waals surface area contributed by atoms with Crippen LogP contribution in [0.15, 0.2) is 48.5 Å². The summed E-state index contributed by atoms with van der Waals surface area (Å²) in [5.74, 6) is 0.548. The number of halogens is 1. The highest BCUT2D eigenvalue weighted by atomic mass is 19.1. The average Bonchev–Trinajstić information content (AvgIpc) is 2.68. The van der Waals surface area contributed by atoms with Crippen LogP contribution in [0.5, 0.6) is 5.75 Å². The third-order valence-corrected chi connectivity index (χ3v) is 5.75. The zero-order valence-corrected chi connectivity index (χ0v) is 15.8. The van der Waals surface area contributed by atoms with Gasteiger partial charge in [0.2, 0.25) is 5.91 Å². The Morgan fingerprint density at radius 1 is 1.19 bits per heavy atom. The minimum absolute atomic E-state index is 0.00130. The summed E-state index contributed by atoms with van der Waals surface area (Å²) in [4.78, 5) is 14.9. The predicted octanol–water partition coefficient (Wildman–Crippen LogP) is 3.84. The molecule has 1 fully saturated rings. The van der Waals surface area contributed by atoms with Crippen LogP contribution in [-0.4, -0.2) is 36.2 Å². The predicted molar refractivity (Wildman–Crippen MR) is 102 cm³/mol. The Hall–Kier alpha value is -2.40. The monoisotopic (exact) mass is 371 g/mol. The Morgan fingerprint density at radius 3 is 2.41 bits per heavy atom. The lowest BCUT2D eigenvalue weighted by Crippen LogP contribution is -2.47. The Morgan fingerprint density at radius 2 is 1.85 bits per heavy atom. The SMILES string of the molecule is COc1ccc([C@H](C)N2CCC(CCO)(c3ccc(F)cc3)CC2=O)cc1. The number of piperidine rings is 1. The summed E-state index contributed by atoms with van der Waals surface area (Å²) >= 11 is 0. The van der Waals surface area contributed by atoms with Crippen molar-refractivity contribution in [3.63, 3.8) is 0 Å². The van der Waals surface area contributed by atoms with Gasteiger partial charge in [-0.05, 0) is 55.2 Å². The summed E-state index contributed by atoms with van der Waals surface area (Å²) in [6.07, 6.45) is 1.56. The molecule has 0 aliphatic carbocycles. The molecule has 5 heteroatoms. The number of benzene rings is 2. The molecule has 2 aromatic rings. The van der Waals surface area contributed by atoms with Crippen molar-refractivity contribution in [3.8, 4) is 5.75 Å². The number of amides is 1. The van der Waals surface area contributed by atoms with Crippen LogP contribution in [0.3, 0.4) is 0 Å². The summed E-state index contributed by atoms with van der Waals surface area (Å²) in [5, 5.41) is 9.58. The number of carbonyl (C=O) groups excluding carboxylic acids is 1. The molecule has 2 aromatic carbocycles. The maximum Gasteiger partial charge on any atom is 0.223 e. The molecular weight excluding hydrogens is 345 g/mol. The third kappa shape index (κ3) is 3.98. The van der Waals surface area contributed by atoms with Crippen molar-refractivity contribution in [2.24, 2.45) is 0 Å². The van der Waals surface area contributed by atoms with Crippen molar-refractivity contribution in [1.29, 1.82) is 0 Å². The first-order valence-electron chi connectivity index (χ1n) is 9.29. The molecule has 1 saturated heterocycles. The number of nitrogens with zero attached hydrogens (tertiary/aromatic N) is 1. The minimum atomic E-state index is -0.435. The molecule has 1 aliphatic rings. The molecule has 2 atom stereocenters. The normalized spacial score (nSPS) is 21.2. The lowest BCUT2D eigenvalue weighted by molar-refractivity contribution is -0.138. The number of likely N-dealkylation sites (tertiary alicyclic amines) is 1. The number of aliphatic hydroxyl groups excluding tert-OH is 1. The van der Waals surface area contributed by atoms with Crippen LogP contribution in [0.1, 0.15) is 43.4 Å². The van der Waals surface area contributed by atoms with E-state index in [1.165, 1.54) is 12.1 Å². The van der Waals surface area contributed by atoms with E-state index in [0.717, 1.165) is 23.3 Å². The van der Waals surface area contributed by atoms with Crippen LogP contribution in [-0.2, 0) is 10.2 Å². The third-order valence-electron chi connectivity index (χ3n) is 5.75. The van der Waals surface area contributed by atoms with Gasteiger partial charge in [-0.15, -0.1) is 0 Å². The molecule has 0 radical (unpaired) electrons. The second kappa shape index (κ2) is 8.09. The molecule has 1 unspecified atom stereocenters. The molecule has 1 heterocycles. The highest BCUT2D eigenvalue weighted by Gasteiger charge is 2.41. The standard InChI is InChI=1S/C22H26FNO3/c1-16(17-3-9-20(27-2)10-4-17)24-13-11-22(12-14-25,15-21(24)26)18-5-7-19(23)8-6-18/h3-10,16,25H,11-15H2,1-2H3/t16-,22?/m0/s1. The van der Waals surface area contributed by atoms with Crippen molar-refractivity contribution in [2.45, 2.75) is 37.6 Å². The Kier molecular flexibility index (Phi) is 5.80. The summed E-state index contributed by atoms with van der Waals surface area (Å²) in [6, 6.07) is 14.0. The van der Waals surface area contributed by atoms with Crippen LogP contribution in [0.25, 0.3) is 0 Å². The molecule has 144 valence electrons. The minimum Gasteiger partial charge on any atom is -0.497 e. The second-order valence-corrected chi connectivity index (χ2v) is 7.22. The van der Waals surface area contributed by atoms with Crippen molar-refractivity contribution >= 4 is 5.91 Å². The molecule has 0 bridgehead atoms. The van der Waals surface area contributed by atoms with Gasteiger partial charge in [-0.25, -0.2) is 4.39 Å². The van der Waals surface area contributed by atoms with E-state index in [0.29, 0.717) is 19.4 Å². The van der Waals surface area contributed by atoms with Gasteiger partial charge in [0.05, 0.1) is 13.2 Å². The molecule has 1 amide bonds. The van der Waals surface area contributed by atoms with Gasteiger partial charge in [0.25, 0.3) is 0 Å². The maximum atomic E-state index is 13.3. The Bertz CT molecular complexity index is 775. The molecule has 0 aromatic heterocycles. The number of ether oxygens (including phenoxy) is 1. The molecule has 3 rings (SSSR count). The molecule has 1 N–H and O–H groups in total. The summed E-state index contributed by atoms with van der Waals surface area (Å²) in [6.45, 7) is 2.62. The smallest absolute Gasteiger partial charge is 0.223 e. The molecule has 1 aliphatic heterocycles. The molecule has 4 nitrogen and oxygen atoms in total. The number of methoxy groups -OCH3 is 1. The first kappa shape index (κ1) is 19.4. The van der Waals surface area contributed by atoms with Crippen molar-refractivity contribution in [2.75, 3.05) is 20.3 Å². The summed E-state index contributed by atoms with van der Waals surface area (Å²) in [5.41, 5.74) is 1.54. The number of carbonyl (C=O) groups is 1. The Balaban J connectivity index is 1.79. The summed E-state index contributed by atoms with van der Waals surface area (Å²) in [7, 11) is 1.63. The number of rotatable bonds is 6. The summed E-state index contributed by atoms with van der Waals surface area (Å²) < 4.78 is 18.5. The van der Waals surface area contributed by atoms with Gasteiger partial charge in [-0.1, -0.05) is 24.3 Å². The van der Waals surface area contributed by atoms with Crippen LogP contribution in [0, 0.1) is 5.82 Å². The van der Waals surface area contributed by atoms with Crippen LogP contribution < -0.4 is 4.74 Å². The topological polar surface area (TPSA) is 49.8 Å². The second-order valence-electron chi connectivity index (χ2n) is 7.22. The number of hydrogen-bond donors (Lipinski definition) is 1. The van der Waals surface area contributed by atoms with Crippen LogP contribution >= 0.6 is 0 Å². The fourth-order valence-electron chi connectivity index (χ4n) is 4.03. The van der Waals surface area contributed by atoms with Gasteiger partial charge in [0.15, 0.2) is 0 Å². The van der Waals surface area contributed by atoms with E-state index in [-0.39, 0.29) is 24.4 Å². The highest BCUT2D eigenvalue weighted by molar-refractivity contribution is 5.79. The first-order chi connectivity index (χ1) is 13.0. The van der Waals surface area contributed by atoms with E-state index >= 15 is 0 Å². The van der Waals surface area contributed by atoms with Gasteiger partial charge in [0.1, 0.15) is 11.6 Å². The molecule has 0 spiro atoms. The van der Waals surface area contributed by atoms with Gasteiger partial charge >= 0.3 is 0 Å². The Labute approximate surface area is 159 Å². The molecule has 27 heavy (non-hydrogen) atoms. The van der Waals surface area contributed by atoms with E-state index in [4.69, 9.17) is 4.74 Å². The molecular formula is C22H26FNO3. The van der Waals surface area contributed by atoms with E-state index in [2.05, 4.69) is 0 Å². The molecule has 0 saturated carbocycles.